The standard InChI is InChI=1S/C17H16N2O2/c1-2-6-13(7-3-1)16-12-19(10-11-20-16)17-18-14-8-4-5-9-15(14)21-17/h1-9,16H,10-12H2. The highest BCUT2D eigenvalue weighted by atomic mass is 16.5. The monoisotopic (exact) mass is 280 g/mol. The Labute approximate surface area is 123 Å². The van der Waals surface area contributed by atoms with Crippen LogP contribution in [0.4, 0.5) is 6.01 Å². The van der Waals surface area contributed by atoms with Gasteiger partial charge in [0.05, 0.1) is 13.2 Å². The van der Waals surface area contributed by atoms with Crippen molar-refractivity contribution in [1.82, 2.24) is 4.98 Å². The Kier molecular flexibility index (Phi) is 3.09. The molecule has 4 heteroatoms. The lowest BCUT2D eigenvalue weighted by atomic mass is 10.1. The van der Waals surface area contributed by atoms with Gasteiger partial charge in [-0.05, 0) is 17.7 Å². The number of fused-ring (bicyclic) bond motifs is 1. The van der Waals surface area contributed by atoms with E-state index in [1.165, 1.54) is 5.56 Å². The Balaban J connectivity index is 1.60. The number of aromatic nitrogens is 1. The summed E-state index contributed by atoms with van der Waals surface area (Å²) in [4.78, 5) is 6.72. The van der Waals surface area contributed by atoms with E-state index < -0.39 is 0 Å². The van der Waals surface area contributed by atoms with Gasteiger partial charge in [-0.15, -0.1) is 0 Å². The van der Waals surface area contributed by atoms with E-state index in [-0.39, 0.29) is 6.10 Å². The van der Waals surface area contributed by atoms with Crippen LogP contribution in [0.5, 0.6) is 0 Å². The molecule has 0 aliphatic carbocycles. The van der Waals surface area contributed by atoms with Crippen molar-refractivity contribution in [2.24, 2.45) is 0 Å². The van der Waals surface area contributed by atoms with Crippen LogP contribution in [0.2, 0.25) is 0 Å². The lowest BCUT2D eigenvalue weighted by Crippen LogP contribution is -2.38. The molecule has 0 amide bonds. The molecular weight excluding hydrogens is 264 g/mol. The zero-order valence-electron chi connectivity index (χ0n) is 11.6. The second-order valence-electron chi connectivity index (χ2n) is 5.18. The third-order valence-electron chi connectivity index (χ3n) is 3.79. The number of benzene rings is 2. The second kappa shape index (κ2) is 5.22. The lowest BCUT2D eigenvalue weighted by Gasteiger charge is -2.32. The van der Waals surface area contributed by atoms with Gasteiger partial charge in [-0.1, -0.05) is 42.5 Å². The SMILES string of the molecule is c1ccc(C2CN(c3nc4ccccc4o3)CCO2)cc1. The van der Waals surface area contributed by atoms with Gasteiger partial charge in [-0.25, -0.2) is 0 Å². The third kappa shape index (κ3) is 2.38. The van der Waals surface area contributed by atoms with Crippen LogP contribution in [0.25, 0.3) is 11.1 Å². The first-order valence-electron chi connectivity index (χ1n) is 7.17. The van der Waals surface area contributed by atoms with E-state index in [0.29, 0.717) is 12.6 Å². The molecule has 1 aliphatic rings. The number of hydrogen-bond donors (Lipinski definition) is 0. The minimum absolute atomic E-state index is 0.0648. The van der Waals surface area contributed by atoms with Gasteiger partial charge >= 0.3 is 0 Å². The van der Waals surface area contributed by atoms with E-state index in [2.05, 4.69) is 22.0 Å². The third-order valence-corrected chi connectivity index (χ3v) is 3.79. The number of nitrogens with zero attached hydrogens (tertiary/aromatic N) is 2. The van der Waals surface area contributed by atoms with Crippen LogP contribution in [0, 0.1) is 0 Å². The Bertz CT molecular complexity index is 706. The number of anilines is 1. The minimum Gasteiger partial charge on any atom is -0.423 e. The van der Waals surface area contributed by atoms with Gasteiger partial charge in [0.1, 0.15) is 11.6 Å². The second-order valence-corrected chi connectivity index (χ2v) is 5.18. The molecular formula is C17H16N2O2. The molecule has 4 nitrogen and oxygen atoms in total. The summed E-state index contributed by atoms with van der Waals surface area (Å²) in [5.41, 5.74) is 2.92. The first kappa shape index (κ1) is 12.4. The average molecular weight is 280 g/mol. The first-order chi connectivity index (χ1) is 10.4. The Morgan fingerprint density at radius 3 is 2.67 bits per heavy atom. The molecule has 0 bridgehead atoms. The van der Waals surface area contributed by atoms with Crippen LogP contribution in [0.15, 0.2) is 59.0 Å². The predicted octanol–water partition coefficient (Wildman–Crippen LogP) is 3.41. The van der Waals surface area contributed by atoms with E-state index in [1.807, 2.05) is 42.5 Å². The zero-order chi connectivity index (χ0) is 14.1. The molecule has 21 heavy (non-hydrogen) atoms. The maximum absolute atomic E-state index is 5.88. The number of oxazole rings is 1. The molecule has 3 aromatic rings. The van der Waals surface area contributed by atoms with Crippen LogP contribution in [-0.4, -0.2) is 24.7 Å². The van der Waals surface area contributed by atoms with Crippen LogP contribution in [0.3, 0.4) is 0 Å². The largest absolute Gasteiger partial charge is 0.423 e. The van der Waals surface area contributed by atoms with Crippen LogP contribution in [-0.2, 0) is 4.74 Å². The summed E-state index contributed by atoms with van der Waals surface area (Å²) in [5.74, 6) is 0. The molecule has 2 heterocycles. The summed E-state index contributed by atoms with van der Waals surface area (Å²) in [5, 5.41) is 0. The zero-order valence-corrected chi connectivity index (χ0v) is 11.6. The molecule has 0 N–H and O–H groups in total. The molecule has 1 fully saturated rings. The molecule has 1 saturated heterocycles. The van der Waals surface area contributed by atoms with Crippen molar-refractivity contribution in [3.63, 3.8) is 0 Å². The summed E-state index contributed by atoms with van der Waals surface area (Å²) in [7, 11) is 0. The highest BCUT2D eigenvalue weighted by Gasteiger charge is 2.25. The van der Waals surface area contributed by atoms with Gasteiger partial charge in [0.15, 0.2) is 5.58 Å². The van der Waals surface area contributed by atoms with Crippen LogP contribution >= 0.6 is 0 Å². The highest BCUT2D eigenvalue weighted by molar-refractivity contribution is 5.74. The minimum atomic E-state index is 0.0648. The number of ether oxygens (including phenoxy) is 1. The van der Waals surface area contributed by atoms with Crippen molar-refractivity contribution in [2.75, 3.05) is 24.6 Å². The summed E-state index contributed by atoms with van der Waals surface area (Å²) < 4.78 is 11.7. The molecule has 1 unspecified atom stereocenters. The fraction of sp³-hybridized carbons (Fsp3) is 0.235. The van der Waals surface area contributed by atoms with Crippen molar-refractivity contribution in [1.29, 1.82) is 0 Å². The quantitative estimate of drug-likeness (QED) is 0.721. The molecule has 0 spiro atoms. The molecule has 2 aromatic carbocycles. The van der Waals surface area contributed by atoms with Crippen molar-refractivity contribution in [2.45, 2.75) is 6.10 Å². The Morgan fingerprint density at radius 2 is 1.81 bits per heavy atom. The fourth-order valence-electron chi connectivity index (χ4n) is 2.69. The normalized spacial score (nSPS) is 19.0. The van der Waals surface area contributed by atoms with Gasteiger partial charge in [0.25, 0.3) is 6.01 Å². The average Bonchev–Trinajstić information content (AvgIpc) is 3.00. The summed E-state index contributed by atoms with van der Waals surface area (Å²) >= 11 is 0. The van der Waals surface area contributed by atoms with E-state index >= 15 is 0 Å². The van der Waals surface area contributed by atoms with Gasteiger partial charge < -0.3 is 14.1 Å². The van der Waals surface area contributed by atoms with Crippen molar-refractivity contribution < 1.29 is 9.15 Å². The number of rotatable bonds is 2. The first-order valence-corrected chi connectivity index (χ1v) is 7.17. The molecule has 4 rings (SSSR count). The van der Waals surface area contributed by atoms with Gasteiger partial charge in [0.2, 0.25) is 0 Å². The van der Waals surface area contributed by atoms with Crippen molar-refractivity contribution in [3.05, 3.63) is 60.2 Å². The summed E-state index contributed by atoms with van der Waals surface area (Å²) in [6, 6.07) is 18.8. The summed E-state index contributed by atoms with van der Waals surface area (Å²) in [6.45, 7) is 2.24. The maximum Gasteiger partial charge on any atom is 0.298 e. The molecule has 106 valence electrons. The Morgan fingerprint density at radius 1 is 1.00 bits per heavy atom. The number of hydrogen-bond acceptors (Lipinski definition) is 4. The Hall–Kier alpha value is -2.33. The molecule has 0 saturated carbocycles. The summed E-state index contributed by atoms with van der Waals surface area (Å²) in [6.07, 6.45) is 0.0648. The van der Waals surface area contributed by atoms with Crippen molar-refractivity contribution >= 4 is 17.1 Å². The number of morpholine rings is 1. The van der Waals surface area contributed by atoms with Crippen molar-refractivity contribution in [3.8, 4) is 0 Å². The molecule has 0 radical (unpaired) electrons. The number of para-hydroxylation sites is 2. The van der Waals surface area contributed by atoms with Crippen LogP contribution < -0.4 is 4.90 Å². The maximum atomic E-state index is 5.88. The van der Waals surface area contributed by atoms with E-state index in [1.54, 1.807) is 0 Å². The fourth-order valence-corrected chi connectivity index (χ4v) is 2.69. The molecule has 1 atom stereocenters. The van der Waals surface area contributed by atoms with Gasteiger partial charge in [0, 0.05) is 6.54 Å². The predicted molar refractivity (Wildman–Crippen MR) is 81.4 cm³/mol. The van der Waals surface area contributed by atoms with Crippen LogP contribution in [0.1, 0.15) is 11.7 Å². The molecule has 1 aromatic heterocycles. The van der Waals surface area contributed by atoms with E-state index in [4.69, 9.17) is 9.15 Å². The highest BCUT2D eigenvalue weighted by Crippen LogP contribution is 2.27. The topological polar surface area (TPSA) is 38.5 Å². The molecule has 1 aliphatic heterocycles. The van der Waals surface area contributed by atoms with E-state index in [0.717, 1.165) is 24.2 Å². The van der Waals surface area contributed by atoms with E-state index in [9.17, 15) is 0 Å². The lowest BCUT2D eigenvalue weighted by molar-refractivity contribution is 0.0381. The van der Waals surface area contributed by atoms with Gasteiger partial charge in [-0.2, -0.15) is 4.98 Å². The van der Waals surface area contributed by atoms with Gasteiger partial charge in [-0.3, -0.25) is 0 Å². The smallest absolute Gasteiger partial charge is 0.298 e.